The van der Waals surface area contributed by atoms with Gasteiger partial charge in [-0.15, -0.1) is 10.2 Å². The number of nitriles is 1. The molecule has 0 radical (unpaired) electrons. The number of aliphatic hydroxyl groups excluding tert-OH is 1. The maximum atomic E-state index is 9.10. The summed E-state index contributed by atoms with van der Waals surface area (Å²) in [5, 5.41) is 27.1. The van der Waals surface area contributed by atoms with Gasteiger partial charge in [0.15, 0.2) is 11.6 Å². The van der Waals surface area contributed by atoms with Crippen molar-refractivity contribution in [2.45, 2.75) is 0 Å². The zero-order valence-electron chi connectivity index (χ0n) is 16.6. The minimum absolute atomic E-state index is 0.214. The molecule has 1 aromatic carbocycles. The van der Waals surface area contributed by atoms with Gasteiger partial charge in [-0.1, -0.05) is 6.07 Å². The normalized spacial score (nSPS) is 18.0. The summed E-state index contributed by atoms with van der Waals surface area (Å²) in [6, 6.07) is 14.1. The van der Waals surface area contributed by atoms with Gasteiger partial charge in [-0.25, -0.2) is 0 Å². The van der Waals surface area contributed by atoms with Crippen LogP contribution < -0.4 is 14.7 Å². The Morgan fingerprint density at radius 1 is 0.828 bits per heavy atom. The quantitative estimate of drug-likeness (QED) is 0.798. The third-order valence-electron chi connectivity index (χ3n) is 5.69. The van der Waals surface area contributed by atoms with Crippen LogP contribution in [0.5, 0.6) is 0 Å². The average Bonchev–Trinajstić information content (AvgIpc) is 2.80. The zero-order chi connectivity index (χ0) is 20.1. The van der Waals surface area contributed by atoms with Crippen LogP contribution in [-0.4, -0.2) is 85.7 Å². The highest BCUT2D eigenvalue weighted by molar-refractivity contribution is 5.53. The van der Waals surface area contributed by atoms with E-state index >= 15 is 0 Å². The summed E-state index contributed by atoms with van der Waals surface area (Å²) in [6.45, 7) is 8.21. The lowest BCUT2D eigenvalue weighted by Crippen LogP contribution is -2.48. The molecule has 2 fully saturated rings. The Balaban J connectivity index is 1.32. The molecule has 0 unspecified atom stereocenters. The zero-order valence-corrected chi connectivity index (χ0v) is 16.6. The van der Waals surface area contributed by atoms with E-state index in [1.165, 1.54) is 0 Å². The summed E-state index contributed by atoms with van der Waals surface area (Å²) >= 11 is 0. The molecule has 0 atom stereocenters. The number of rotatable bonds is 5. The minimum atomic E-state index is 0.214. The summed E-state index contributed by atoms with van der Waals surface area (Å²) in [5.41, 5.74) is 1.80. The number of piperazine rings is 2. The van der Waals surface area contributed by atoms with E-state index in [1.54, 1.807) is 0 Å². The van der Waals surface area contributed by atoms with Gasteiger partial charge in [-0.05, 0) is 30.3 Å². The van der Waals surface area contributed by atoms with Gasteiger partial charge in [0.05, 0.1) is 18.2 Å². The number of aliphatic hydroxyl groups is 1. The van der Waals surface area contributed by atoms with Gasteiger partial charge in [-0.2, -0.15) is 5.26 Å². The van der Waals surface area contributed by atoms with Crippen LogP contribution in [0.3, 0.4) is 0 Å². The molecule has 0 amide bonds. The van der Waals surface area contributed by atoms with Crippen LogP contribution in [0.4, 0.5) is 17.3 Å². The molecular formula is C21H27N7O. The molecule has 2 aliphatic heterocycles. The van der Waals surface area contributed by atoms with Gasteiger partial charge >= 0.3 is 0 Å². The monoisotopic (exact) mass is 393 g/mol. The summed E-state index contributed by atoms with van der Waals surface area (Å²) in [4.78, 5) is 9.10. The van der Waals surface area contributed by atoms with Crippen molar-refractivity contribution in [2.75, 3.05) is 80.2 Å². The van der Waals surface area contributed by atoms with Crippen LogP contribution in [0.15, 0.2) is 36.4 Å². The number of nitrogens with zero attached hydrogens (tertiary/aromatic N) is 7. The average molecular weight is 393 g/mol. The van der Waals surface area contributed by atoms with Crippen LogP contribution in [0.25, 0.3) is 0 Å². The Morgan fingerprint density at radius 3 is 1.97 bits per heavy atom. The van der Waals surface area contributed by atoms with E-state index in [2.05, 4.69) is 54.1 Å². The fraction of sp³-hybridized carbons (Fsp3) is 0.476. The molecule has 152 valence electrons. The van der Waals surface area contributed by atoms with Crippen LogP contribution >= 0.6 is 0 Å². The van der Waals surface area contributed by atoms with Crippen LogP contribution in [0.1, 0.15) is 5.56 Å². The lowest BCUT2D eigenvalue weighted by Gasteiger charge is -2.37. The third-order valence-corrected chi connectivity index (χ3v) is 5.69. The molecule has 1 N–H and O–H groups in total. The van der Waals surface area contributed by atoms with E-state index in [0.29, 0.717) is 5.56 Å². The Morgan fingerprint density at radius 2 is 1.41 bits per heavy atom. The highest BCUT2D eigenvalue weighted by Gasteiger charge is 2.21. The summed E-state index contributed by atoms with van der Waals surface area (Å²) < 4.78 is 0. The van der Waals surface area contributed by atoms with Gasteiger partial charge in [-0.3, -0.25) is 4.90 Å². The van der Waals surface area contributed by atoms with E-state index < -0.39 is 0 Å². The second-order valence-electron chi connectivity index (χ2n) is 7.44. The van der Waals surface area contributed by atoms with E-state index in [4.69, 9.17) is 10.4 Å². The SMILES string of the molecule is N#Cc1cccc(N2CCN(c3ccc(N4CCN(CCO)CC4)nn3)CC2)c1. The molecular weight excluding hydrogens is 366 g/mol. The molecule has 3 heterocycles. The van der Waals surface area contributed by atoms with Gasteiger partial charge in [0.1, 0.15) is 0 Å². The largest absolute Gasteiger partial charge is 0.395 e. The fourth-order valence-corrected chi connectivity index (χ4v) is 3.96. The van der Waals surface area contributed by atoms with Gasteiger partial charge < -0.3 is 19.8 Å². The van der Waals surface area contributed by atoms with E-state index in [0.717, 1.165) is 76.2 Å². The summed E-state index contributed by atoms with van der Waals surface area (Å²) in [7, 11) is 0. The van der Waals surface area contributed by atoms with Crippen molar-refractivity contribution in [3.05, 3.63) is 42.0 Å². The summed E-state index contributed by atoms with van der Waals surface area (Å²) in [5.74, 6) is 1.84. The van der Waals surface area contributed by atoms with Crippen molar-refractivity contribution in [3.63, 3.8) is 0 Å². The first kappa shape index (κ1) is 19.4. The van der Waals surface area contributed by atoms with Gasteiger partial charge in [0, 0.05) is 64.6 Å². The van der Waals surface area contributed by atoms with Crippen molar-refractivity contribution in [2.24, 2.45) is 0 Å². The summed E-state index contributed by atoms with van der Waals surface area (Å²) in [6.07, 6.45) is 0. The molecule has 2 aliphatic rings. The molecule has 0 spiro atoms. The van der Waals surface area contributed by atoms with Crippen molar-refractivity contribution >= 4 is 17.3 Å². The van der Waals surface area contributed by atoms with Gasteiger partial charge in [0.2, 0.25) is 0 Å². The van der Waals surface area contributed by atoms with Crippen molar-refractivity contribution < 1.29 is 5.11 Å². The maximum Gasteiger partial charge on any atom is 0.151 e. The number of benzene rings is 1. The minimum Gasteiger partial charge on any atom is -0.395 e. The number of hydrogen-bond donors (Lipinski definition) is 1. The molecule has 0 saturated carbocycles. The second kappa shape index (κ2) is 9.07. The third kappa shape index (κ3) is 4.58. The molecule has 0 aliphatic carbocycles. The topological polar surface area (TPSA) is 82.8 Å². The van der Waals surface area contributed by atoms with Crippen LogP contribution in [-0.2, 0) is 0 Å². The van der Waals surface area contributed by atoms with E-state index in [1.807, 2.05) is 18.2 Å². The molecule has 1 aromatic heterocycles. The van der Waals surface area contributed by atoms with Crippen molar-refractivity contribution in [1.29, 1.82) is 5.26 Å². The molecule has 4 rings (SSSR count). The standard InChI is InChI=1S/C21H27N7O/c22-17-18-2-1-3-19(16-18)26-10-12-28(13-11-26)21-5-4-20(23-24-21)27-8-6-25(7-9-27)14-15-29/h1-5,16,29H,6-15H2. The predicted molar refractivity (Wildman–Crippen MR) is 113 cm³/mol. The van der Waals surface area contributed by atoms with Crippen LogP contribution in [0, 0.1) is 11.3 Å². The Kier molecular flexibility index (Phi) is 6.08. The smallest absolute Gasteiger partial charge is 0.151 e. The van der Waals surface area contributed by atoms with Crippen molar-refractivity contribution in [3.8, 4) is 6.07 Å². The molecule has 0 bridgehead atoms. The number of hydrogen-bond acceptors (Lipinski definition) is 8. The van der Waals surface area contributed by atoms with E-state index in [9.17, 15) is 0 Å². The Hall–Kier alpha value is -2.89. The number of anilines is 3. The lowest BCUT2D eigenvalue weighted by atomic mass is 10.2. The Labute approximate surface area is 171 Å². The Bertz CT molecular complexity index is 835. The van der Waals surface area contributed by atoms with Crippen LogP contribution in [0.2, 0.25) is 0 Å². The molecule has 8 heteroatoms. The molecule has 2 saturated heterocycles. The highest BCUT2D eigenvalue weighted by Crippen LogP contribution is 2.21. The number of aromatic nitrogens is 2. The predicted octanol–water partition coefficient (Wildman–Crippen LogP) is 0.789. The molecule has 8 nitrogen and oxygen atoms in total. The first-order chi connectivity index (χ1) is 14.3. The van der Waals surface area contributed by atoms with Gasteiger partial charge in [0.25, 0.3) is 0 Å². The molecule has 2 aromatic rings. The second-order valence-corrected chi connectivity index (χ2v) is 7.44. The maximum absolute atomic E-state index is 9.10. The van der Waals surface area contributed by atoms with E-state index in [-0.39, 0.29) is 6.61 Å². The number of β-amino-alcohol motifs (C(OH)–C–C–N with tert-alkyl or cyclic N) is 1. The fourth-order valence-electron chi connectivity index (χ4n) is 3.96. The first-order valence-electron chi connectivity index (χ1n) is 10.2. The molecule has 29 heavy (non-hydrogen) atoms. The highest BCUT2D eigenvalue weighted by atomic mass is 16.3. The lowest BCUT2D eigenvalue weighted by molar-refractivity contribution is 0.188. The van der Waals surface area contributed by atoms with Crippen molar-refractivity contribution in [1.82, 2.24) is 15.1 Å². The first-order valence-corrected chi connectivity index (χ1v) is 10.2.